The first-order valence-corrected chi connectivity index (χ1v) is 23.8. The Labute approximate surface area is 400 Å². The van der Waals surface area contributed by atoms with Crippen molar-refractivity contribution in [2.45, 2.75) is 101 Å². The van der Waals surface area contributed by atoms with E-state index in [0.717, 1.165) is 36.8 Å². The predicted molar refractivity (Wildman–Crippen MR) is 251 cm³/mol. The molecule has 4 aliphatic rings. The van der Waals surface area contributed by atoms with Gasteiger partial charge in [0.1, 0.15) is 41.5 Å². The number of benzene rings is 4. The van der Waals surface area contributed by atoms with E-state index in [0.29, 0.717) is 67.0 Å². The number of unbranched alkanes of at least 4 members (excludes halogenated alkanes) is 2. The van der Waals surface area contributed by atoms with Crippen molar-refractivity contribution in [2.24, 2.45) is 22.9 Å². The van der Waals surface area contributed by atoms with Gasteiger partial charge in [0.2, 0.25) is 12.1 Å². The molecule has 1 amide bonds. The van der Waals surface area contributed by atoms with E-state index in [-0.39, 0.29) is 62.7 Å². The van der Waals surface area contributed by atoms with Crippen molar-refractivity contribution in [2.75, 3.05) is 26.4 Å². The van der Waals surface area contributed by atoms with Gasteiger partial charge in [-0.05, 0) is 110 Å². The molecule has 16 heteroatoms. The molecule has 0 radical (unpaired) electrons. The number of ether oxygens (including phenoxy) is 5. The molecule has 1 saturated carbocycles. The summed E-state index contributed by atoms with van der Waals surface area (Å²) < 4.78 is 62.1. The van der Waals surface area contributed by atoms with E-state index < -0.39 is 52.6 Å². The zero-order valence-electron chi connectivity index (χ0n) is 38.5. The molecule has 8 rings (SSSR count). The fourth-order valence-electron chi connectivity index (χ4n) is 10.3. The maximum Gasteiger partial charge on any atom is 0.416 e. The molecule has 2 aliphatic carbocycles. The fraction of sp³-hybridized carbons (Fsp3) is 0.434. The standard InChI is InChI=1S/C53H59F2N3O11/c1-2-28-66-53-48(57(33-35-16-18-38(54)19-17-35)52(61)67-40-22-20-39(21-23-40)58(62)63)32-46(56-69-49-15-7-10-29-64-49)43-30-36(11-5-8-26-59)42(13-6-9-27-60)50(51(43)53)44-31-41(24-25-47(44)68-53)65-34-37-12-3-4-14-45(37)55/h2-4,12,14,16-25,30-31,36,42,48-51,59-60H,1,5-11,13,15,26-29,32-34H2/t36-,42+,48-,49?,50+,51+,53+/m0/s1. The molecule has 4 aromatic carbocycles. The first kappa shape index (κ1) is 49.2. The van der Waals surface area contributed by atoms with Gasteiger partial charge in [0.15, 0.2) is 0 Å². The zero-order valence-corrected chi connectivity index (χ0v) is 38.5. The zero-order chi connectivity index (χ0) is 48.3. The molecule has 366 valence electrons. The number of nitro benzene ring substituents is 1. The van der Waals surface area contributed by atoms with Crippen LogP contribution in [0.15, 0.2) is 120 Å². The molecule has 1 saturated heterocycles. The Kier molecular flexibility index (Phi) is 16.4. The lowest BCUT2D eigenvalue weighted by Gasteiger charge is -2.59. The third-order valence-electron chi connectivity index (χ3n) is 13.5. The van der Waals surface area contributed by atoms with Gasteiger partial charge in [0.25, 0.3) is 5.69 Å². The number of allylic oxidation sites excluding steroid dienone is 1. The highest BCUT2D eigenvalue weighted by Gasteiger charge is 2.66. The highest BCUT2D eigenvalue weighted by Crippen LogP contribution is 2.62. The van der Waals surface area contributed by atoms with Crippen molar-refractivity contribution in [3.8, 4) is 17.2 Å². The Hall–Kier alpha value is -6.20. The predicted octanol–water partition coefficient (Wildman–Crippen LogP) is 10.3. The van der Waals surface area contributed by atoms with Crippen LogP contribution in [0.2, 0.25) is 0 Å². The normalized spacial score (nSPS) is 24.2. The highest BCUT2D eigenvalue weighted by molar-refractivity contribution is 6.03. The van der Waals surface area contributed by atoms with Crippen LogP contribution in [0.4, 0.5) is 19.3 Å². The summed E-state index contributed by atoms with van der Waals surface area (Å²) in [6.07, 6.45) is 8.77. The van der Waals surface area contributed by atoms with Crippen molar-refractivity contribution in [3.63, 3.8) is 0 Å². The van der Waals surface area contributed by atoms with Gasteiger partial charge in [-0.2, -0.15) is 0 Å². The number of nitro groups is 1. The van der Waals surface area contributed by atoms with E-state index in [1.54, 1.807) is 48.5 Å². The van der Waals surface area contributed by atoms with Crippen LogP contribution in [0.1, 0.15) is 86.8 Å². The Morgan fingerprint density at radius 1 is 0.957 bits per heavy atom. The van der Waals surface area contributed by atoms with Crippen LogP contribution in [-0.2, 0) is 27.5 Å². The number of carbonyl (C=O) groups is 1. The Bertz CT molecular complexity index is 2460. The Morgan fingerprint density at radius 3 is 2.42 bits per heavy atom. The van der Waals surface area contributed by atoms with Crippen molar-refractivity contribution < 1.29 is 57.2 Å². The van der Waals surface area contributed by atoms with Gasteiger partial charge in [-0.15, -0.1) is 6.58 Å². The summed E-state index contributed by atoms with van der Waals surface area (Å²) in [4.78, 5) is 33.8. The number of nitrogens with zero attached hydrogens (tertiary/aromatic N) is 3. The van der Waals surface area contributed by atoms with Crippen LogP contribution in [0.5, 0.6) is 17.2 Å². The van der Waals surface area contributed by atoms with Crippen molar-refractivity contribution >= 4 is 17.5 Å². The van der Waals surface area contributed by atoms with E-state index in [1.165, 1.54) is 47.4 Å². The molecular weight excluding hydrogens is 893 g/mol. The summed E-state index contributed by atoms with van der Waals surface area (Å²) in [6.45, 7) is 4.39. The molecular formula is C53H59F2N3O11. The van der Waals surface area contributed by atoms with E-state index in [4.69, 9.17) is 33.7 Å². The number of carbonyl (C=O) groups excluding carboxylic acids is 1. The number of rotatable bonds is 21. The molecule has 2 aliphatic heterocycles. The molecule has 1 unspecified atom stereocenters. The molecule has 2 heterocycles. The number of non-ortho nitro benzene ring substituents is 1. The quantitative estimate of drug-likeness (QED) is 0.0352. The van der Waals surface area contributed by atoms with Crippen LogP contribution in [-0.4, -0.2) is 76.4 Å². The van der Waals surface area contributed by atoms with Crippen LogP contribution in [0, 0.1) is 39.5 Å². The number of amides is 1. The van der Waals surface area contributed by atoms with Crippen LogP contribution in [0.25, 0.3) is 0 Å². The molecule has 14 nitrogen and oxygen atoms in total. The molecule has 7 atom stereocenters. The van der Waals surface area contributed by atoms with Crippen molar-refractivity contribution in [1.29, 1.82) is 0 Å². The first-order valence-electron chi connectivity index (χ1n) is 23.8. The van der Waals surface area contributed by atoms with Crippen molar-refractivity contribution in [1.82, 2.24) is 4.90 Å². The smallest absolute Gasteiger partial charge is 0.416 e. The fourth-order valence-corrected chi connectivity index (χ4v) is 10.3. The van der Waals surface area contributed by atoms with Gasteiger partial charge in [0.05, 0.1) is 29.8 Å². The second-order valence-electron chi connectivity index (χ2n) is 17.9. The molecule has 0 spiro atoms. The second-order valence-corrected chi connectivity index (χ2v) is 17.9. The summed E-state index contributed by atoms with van der Waals surface area (Å²) in [5.74, 6) is -2.85. The average molecular weight is 952 g/mol. The lowest BCUT2D eigenvalue weighted by atomic mass is 9.55. The van der Waals surface area contributed by atoms with Gasteiger partial charge in [0, 0.05) is 61.8 Å². The lowest BCUT2D eigenvalue weighted by Crippen LogP contribution is -2.70. The second kappa shape index (κ2) is 22.9. The summed E-state index contributed by atoms with van der Waals surface area (Å²) in [6, 6.07) is 21.8. The molecule has 2 fully saturated rings. The Balaban J connectivity index is 1.32. The minimum absolute atomic E-state index is 0.00583. The molecule has 0 aromatic heterocycles. The third-order valence-corrected chi connectivity index (χ3v) is 13.5. The monoisotopic (exact) mass is 951 g/mol. The van der Waals surface area contributed by atoms with Crippen molar-refractivity contribution in [3.05, 3.63) is 154 Å². The lowest BCUT2D eigenvalue weighted by molar-refractivity contribution is -0.384. The van der Waals surface area contributed by atoms with E-state index in [2.05, 4.69) is 12.7 Å². The number of oxime groups is 1. The summed E-state index contributed by atoms with van der Waals surface area (Å²) in [7, 11) is 0. The number of hydrogen-bond acceptors (Lipinski definition) is 12. The van der Waals surface area contributed by atoms with E-state index in [1.807, 2.05) is 6.07 Å². The maximum absolute atomic E-state index is 15.1. The van der Waals surface area contributed by atoms with Gasteiger partial charge < -0.3 is 38.7 Å². The molecule has 2 N–H and O–H groups in total. The minimum Gasteiger partial charge on any atom is -0.489 e. The summed E-state index contributed by atoms with van der Waals surface area (Å²) in [5, 5.41) is 36.4. The van der Waals surface area contributed by atoms with Crippen LogP contribution in [0.3, 0.4) is 0 Å². The van der Waals surface area contributed by atoms with Gasteiger partial charge in [-0.3, -0.25) is 15.0 Å². The van der Waals surface area contributed by atoms with E-state index >= 15 is 4.79 Å². The SMILES string of the molecule is C=CCO[C@@]12Oc3ccc(OCc4ccccc4F)cc3[C@H]3[C@H](CCCCO)[C@@H](CCCCO)C=C(C(=NOC4CCCCO4)C[C@@H]1N(Cc1ccc(F)cc1)C(=O)Oc1ccc([N+](=O)[O-])cc1)[C@H]32. The first-order chi connectivity index (χ1) is 33.6. The third kappa shape index (κ3) is 11.3. The molecule has 4 aromatic rings. The van der Waals surface area contributed by atoms with Gasteiger partial charge >= 0.3 is 6.09 Å². The number of aliphatic hydroxyl groups is 2. The van der Waals surface area contributed by atoms with E-state index in [9.17, 15) is 29.1 Å². The topological polar surface area (TPSA) is 172 Å². The minimum atomic E-state index is -1.69. The largest absolute Gasteiger partial charge is 0.489 e. The van der Waals surface area contributed by atoms with Crippen LogP contribution < -0.4 is 14.2 Å². The molecule has 69 heavy (non-hydrogen) atoms. The number of halogens is 2. The van der Waals surface area contributed by atoms with Gasteiger partial charge in [-0.25, -0.2) is 13.6 Å². The van der Waals surface area contributed by atoms with Crippen LogP contribution >= 0.6 is 0 Å². The summed E-state index contributed by atoms with van der Waals surface area (Å²) >= 11 is 0. The number of hydrogen-bond donors (Lipinski definition) is 2. The Morgan fingerprint density at radius 2 is 1.71 bits per heavy atom. The average Bonchev–Trinajstić information content (AvgIpc) is 3.36. The molecule has 0 bridgehead atoms. The summed E-state index contributed by atoms with van der Waals surface area (Å²) in [5.41, 5.74) is 2.86. The maximum atomic E-state index is 15.1. The van der Waals surface area contributed by atoms with Gasteiger partial charge in [-0.1, -0.05) is 60.5 Å². The highest BCUT2D eigenvalue weighted by atomic mass is 19.1. The number of fused-ring (bicyclic) bond motifs is 2. The number of aliphatic hydroxyl groups excluding tert-OH is 2.